The molecule has 1 amide bonds. The molecule has 0 heterocycles. The van der Waals surface area contributed by atoms with Gasteiger partial charge in [0.1, 0.15) is 0 Å². The van der Waals surface area contributed by atoms with E-state index in [1.165, 1.54) is 0 Å². The first kappa shape index (κ1) is 14.8. The van der Waals surface area contributed by atoms with E-state index in [-0.39, 0.29) is 5.91 Å². The summed E-state index contributed by atoms with van der Waals surface area (Å²) >= 11 is 10.3. The minimum atomic E-state index is -0.141. The number of nitrogens with one attached hydrogen (secondary N) is 1. The van der Waals surface area contributed by atoms with Crippen molar-refractivity contribution in [1.29, 1.82) is 0 Å². The van der Waals surface area contributed by atoms with Crippen LogP contribution in [0.25, 0.3) is 0 Å². The number of halogens is 3. The van der Waals surface area contributed by atoms with Crippen LogP contribution in [-0.4, -0.2) is 5.91 Å². The second-order valence-electron chi connectivity index (χ2n) is 4.06. The molecule has 19 heavy (non-hydrogen) atoms. The molecule has 98 valence electrons. The quantitative estimate of drug-likeness (QED) is 0.643. The van der Waals surface area contributed by atoms with Crippen molar-refractivity contribution >= 4 is 59.4 Å². The van der Waals surface area contributed by atoms with Gasteiger partial charge in [-0.3, -0.25) is 4.79 Å². The molecule has 0 saturated carbocycles. The maximum Gasteiger partial charge on any atom is 0.255 e. The number of carbonyl (C=O) groups is 1. The first-order valence-electron chi connectivity index (χ1n) is 5.50. The SMILES string of the molecule is Cc1cc(Br)c(NC(=O)c2ccc(Br)cc2)c(Br)c1. The fraction of sp³-hybridized carbons (Fsp3) is 0.0714. The predicted molar refractivity (Wildman–Crippen MR) is 88.7 cm³/mol. The van der Waals surface area contributed by atoms with Gasteiger partial charge < -0.3 is 5.32 Å². The van der Waals surface area contributed by atoms with Crippen LogP contribution < -0.4 is 5.32 Å². The number of hydrogen-bond acceptors (Lipinski definition) is 1. The highest BCUT2D eigenvalue weighted by Crippen LogP contribution is 2.32. The second kappa shape index (κ2) is 6.20. The Balaban J connectivity index is 2.26. The van der Waals surface area contributed by atoms with E-state index >= 15 is 0 Å². The van der Waals surface area contributed by atoms with Crippen LogP contribution in [0, 0.1) is 6.92 Å². The van der Waals surface area contributed by atoms with E-state index in [1.807, 2.05) is 31.2 Å². The van der Waals surface area contributed by atoms with Crippen molar-refractivity contribution in [2.24, 2.45) is 0 Å². The molecule has 2 aromatic rings. The van der Waals surface area contributed by atoms with Gasteiger partial charge in [0.05, 0.1) is 5.69 Å². The molecule has 0 unspecified atom stereocenters. The van der Waals surface area contributed by atoms with Crippen molar-refractivity contribution < 1.29 is 4.79 Å². The Morgan fingerprint density at radius 2 is 1.53 bits per heavy atom. The van der Waals surface area contributed by atoms with Gasteiger partial charge in [-0.25, -0.2) is 0 Å². The normalized spacial score (nSPS) is 10.3. The number of carbonyl (C=O) groups excluding carboxylic acids is 1. The number of aryl methyl sites for hydroxylation is 1. The van der Waals surface area contributed by atoms with Crippen molar-refractivity contribution in [3.8, 4) is 0 Å². The third-order valence-corrected chi connectivity index (χ3v) is 4.31. The van der Waals surface area contributed by atoms with Crippen LogP contribution in [0.5, 0.6) is 0 Å². The van der Waals surface area contributed by atoms with E-state index in [2.05, 4.69) is 53.1 Å². The number of benzene rings is 2. The standard InChI is InChI=1S/C14H10Br3NO/c1-8-6-11(16)13(12(17)7-8)18-14(19)9-2-4-10(15)5-3-9/h2-7H,1H3,(H,18,19). The molecule has 0 radical (unpaired) electrons. The number of amides is 1. The van der Waals surface area contributed by atoms with E-state index in [1.54, 1.807) is 12.1 Å². The zero-order valence-electron chi connectivity index (χ0n) is 10.0. The van der Waals surface area contributed by atoms with Gasteiger partial charge in [0.25, 0.3) is 5.91 Å². The molecule has 0 aliphatic heterocycles. The van der Waals surface area contributed by atoms with E-state index in [9.17, 15) is 4.79 Å². The summed E-state index contributed by atoms with van der Waals surface area (Å²) in [6, 6.07) is 11.1. The van der Waals surface area contributed by atoms with Gasteiger partial charge in [0.15, 0.2) is 0 Å². The van der Waals surface area contributed by atoms with Crippen molar-refractivity contribution in [3.63, 3.8) is 0 Å². The molecule has 0 fully saturated rings. The van der Waals surface area contributed by atoms with Gasteiger partial charge in [-0.1, -0.05) is 15.9 Å². The second-order valence-corrected chi connectivity index (χ2v) is 6.69. The molecule has 5 heteroatoms. The third-order valence-electron chi connectivity index (χ3n) is 2.53. The smallest absolute Gasteiger partial charge is 0.255 e. The number of rotatable bonds is 2. The third kappa shape index (κ3) is 3.68. The Morgan fingerprint density at radius 1 is 1.00 bits per heavy atom. The van der Waals surface area contributed by atoms with Crippen LogP contribution in [0.1, 0.15) is 15.9 Å². The molecule has 1 N–H and O–H groups in total. The molecule has 2 aromatic carbocycles. The number of hydrogen-bond donors (Lipinski definition) is 1. The van der Waals surface area contributed by atoms with Gasteiger partial charge in [0, 0.05) is 19.0 Å². The molecule has 2 nitrogen and oxygen atoms in total. The lowest BCUT2D eigenvalue weighted by Crippen LogP contribution is -2.12. The van der Waals surface area contributed by atoms with Crippen molar-refractivity contribution in [2.45, 2.75) is 6.92 Å². The maximum atomic E-state index is 12.1. The lowest BCUT2D eigenvalue weighted by Gasteiger charge is -2.11. The van der Waals surface area contributed by atoms with Crippen LogP contribution in [0.3, 0.4) is 0 Å². The first-order chi connectivity index (χ1) is 8.97. The van der Waals surface area contributed by atoms with Crippen molar-refractivity contribution in [3.05, 3.63) is 60.9 Å². The molecule has 0 aromatic heterocycles. The minimum Gasteiger partial charge on any atom is -0.320 e. The van der Waals surface area contributed by atoms with Crippen LogP contribution in [0.2, 0.25) is 0 Å². The highest BCUT2D eigenvalue weighted by molar-refractivity contribution is 9.11. The van der Waals surface area contributed by atoms with Gasteiger partial charge in [-0.2, -0.15) is 0 Å². The highest BCUT2D eigenvalue weighted by Gasteiger charge is 2.11. The first-order valence-corrected chi connectivity index (χ1v) is 7.88. The summed E-state index contributed by atoms with van der Waals surface area (Å²) in [6.45, 7) is 2.00. The summed E-state index contributed by atoms with van der Waals surface area (Å²) in [5.74, 6) is -0.141. The summed E-state index contributed by atoms with van der Waals surface area (Å²) in [6.07, 6.45) is 0. The van der Waals surface area contributed by atoms with E-state index in [0.717, 1.165) is 24.7 Å². The monoisotopic (exact) mass is 445 g/mol. The molecule has 0 saturated heterocycles. The molecular weight excluding hydrogens is 438 g/mol. The largest absolute Gasteiger partial charge is 0.320 e. The summed E-state index contributed by atoms with van der Waals surface area (Å²) < 4.78 is 2.65. The fourth-order valence-corrected chi connectivity index (χ4v) is 3.48. The van der Waals surface area contributed by atoms with Crippen LogP contribution in [-0.2, 0) is 0 Å². The summed E-state index contributed by atoms with van der Waals surface area (Å²) in [5, 5.41) is 2.89. The summed E-state index contributed by atoms with van der Waals surface area (Å²) in [4.78, 5) is 12.1. The maximum absolute atomic E-state index is 12.1. The lowest BCUT2D eigenvalue weighted by atomic mass is 10.2. The molecule has 0 aliphatic carbocycles. The Morgan fingerprint density at radius 3 is 2.05 bits per heavy atom. The average Bonchev–Trinajstić information content (AvgIpc) is 2.34. The van der Waals surface area contributed by atoms with Crippen LogP contribution in [0.15, 0.2) is 49.8 Å². The minimum absolute atomic E-state index is 0.141. The number of anilines is 1. The van der Waals surface area contributed by atoms with Gasteiger partial charge >= 0.3 is 0 Å². The zero-order valence-corrected chi connectivity index (χ0v) is 14.8. The Bertz CT molecular complexity index is 600. The predicted octanol–water partition coefficient (Wildman–Crippen LogP) is 5.53. The average molecular weight is 448 g/mol. The van der Waals surface area contributed by atoms with Crippen LogP contribution in [0.4, 0.5) is 5.69 Å². The Hall–Kier alpha value is -0.650. The molecule has 0 aliphatic rings. The molecule has 2 rings (SSSR count). The van der Waals surface area contributed by atoms with Gasteiger partial charge in [0.2, 0.25) is 0 Å². The Kier molecular flexibility index (Phi) is 4.81. The highest BCUT2D eigenvalue weighted by atomic mass is 79.9. The topological polar surface area (TPSA) is 29.1 Å². The van der Waals surface area contributed by atoms with E-state index < -0.39 is 0 Å². The van der Waals surface area contributed by atoms with E-state index in [0.29, 0.717) is 5.56 Å². The zero-order chi connectivity index (χ0) is 14.0. The fourth-order valence-electron chi connectivity index (χ4n) is 1.61. The molecular formula is C14H10Br3NO. The van der Waals surface area contributed by atoms with E-state index in [4.69, 9.17) is 0 Å². The lowest BCUT2D eigenvalue weighted by molar-refractivity contribution is 0.102. The van der Waals surface area contributed by atoms with Crippen molar-refractivity contribution in [1.82, 2.24) is 0 Å². The van der Waals surface area contributed by atoms with Gasteiger partial charge in [-0.05, 0) is 80.7 Å². The van der Waals surface area contributed by atoms with Crippen molar-refractivity contribution in [2.75, 3.05) is 5.32 Å². The summed E-state index contributed by atoms with van der Waals surface area (Å²) in [7, 11) is 0. The van der Waals surface area contributed by atoms with Crippen LogP contribution >= 0.6 is 47.8 Å². The molecule has 0 atom stereocenters. The summed E-state index contributed by atoms with van der Waals surface area (Å²) in [5.41, 5.74) is 2.46. The van der Waals surface area contributed by atoms with Gasteiger partial charge in [-0.15, -0.1) is 0 Å². The Labute approximate surface area is 137 Å². The molecule has 0 spiro atoms. The molecule has 0 bridgehead atoms.